The van der Waals surface area contributed by atoms with Crippen LogP contribution in [0.4, 0.5) is 17.6 Å². The number of ether oxygens (including phenoxy) is 1. The van der Waals surface area contributed by atoms with E-state index in [-0.39, 0.29) is 52.0 Å². The first kappa shape index (κ1) is 32.8. The number of likely N-dealkylation sites (tertiary alicyclic amines) is 1. The average Bonchev–Trinajstić information content (AvgIpc) is 3.03. The van der Waals surface area contributed by atoms with Crippen LogP contribution < -0.4 is 10.1 Å². The van der Waals surface area contributed by atoms with Crippen LogP contribution in [0.3, 0.4) is 0 Å². The summed E-state index contributed by atoms with van der Waals surface area (Å²) in [7, 11) is 0. The van der Waals surface area contributed by atoms with Gasteiger partial charge >= 0.3 is 0 Å². The molecule has 2 aliphatic rings. The van der Waals surface area contributed by atoms with Crippen LogP contribution in [0, 0.1) is 23.3 Å². The molecule has 3 aromatic carbocycles. The third kappa shape index (κ3) is 8.17. The van der Waals surface area contributed by atoms with Gasteiger partial charge in [0, 0.05) is 29.3 Å². The molecule has 46 heavy (non-hydrogen) atoms. The van der Waals surface area contributed by atoms with Gasteiger partial charge in [0.2, 0.25) is 0 Å². The van der Waals surface area contributed by atoms with Gasteiger partial charge in [0.25, 0.3) is 5.91 Å². The molecule has 0 spiro atoms. The second kappa shape index (κ2) is 14.7. The maximum absolute atomic E-state index is 13.9. The van der Waals surface area contributed by atoms with Crippen molar-refractivity contribution in [2.24, 2.45) is 0 Å². The van der Waals surface area contributed by atoms with Crippen molar-refractivity contribution >= 4 is 29.6 Å². The summed E-state index contributed by atoms with van der Waals surface area (Å²) in [5.74, 6) is -5.04. The number of hydrogen-bond donors (Lipinski definition) is 1. The van der Waals surface area contributed by atoms with E-state index in [4.69, 9.17) is 4.74 Å². The second-order valence-corrected chi connectivity index (χ2v) is 11.6. The molecule has 0 unspecified atom stereocenters. The van der Waals surface area contributed by atoms with E-state index >= 15 is 0 Å². The van der Waals surface area contributed by atoms with Crippen LogP contribution in [-0.2, 0) is 4.79 Å². The molecule has 0 radical (unpaired) electrons. The number of carbonyl (C=O) groups is 3. The lowest BCUT2D eigenvalue weighted by Gasteiger charge is -2.27. The van der Waals surface area contributed by atoms with Gasteiger partial charge in [0.1, 0.15) is 12.4 Å². The highest BCUT2D eigenvalue weighted by Gasteiger charge is 2.29. The molecule has 1 aliphatic carbocycles. The maximum atomic E-state index is 13.9. The van der Waals surface area contributed by atoms with Crippen LogP contribution in [0.15, 0.2) is 65.7 Å². The molecule has 0 bridgehead atoms. The molecule has 6 nitrogen and oxygen atoms in total. The number of piperidine rings is 1. The van der Waals surface area contributed by atoms with Crippen molar-refractivity contribution < 1.29 is 36.7 Å². The molecule has 10 heteroatoms. The summed E-state index contributed by atoms with van der Waals surface area (Å²) in [6.07, 6.45) is 6.48. The summed E-state index contributed by atoms with van der Waals surface area (Å²) in [5, 5.41) is 2.90. The molecule has 1 heterocycles. The van der Waals surface area contributed by atoms with Gasteiger partial charge in [0.05, 0.1) is 5.56 Å². The van der Waals surface area contributed by atoms with E-state index < -0.39 is 41.0 Å². The number of benzene rings is 3. The first-order chi connectivity index (χ1) is 22.1. The topological polar surface area (TPSA) is 75.7 Å². The number of rotatable bonds is 9. The molecule has 1 N–H and O–H groups in total. The first-order valence-electron chi connectivity index (χ1n) is 15.2. The van der Waals surface area contributed by atoms with E-state index in [0.717, 1.165) is 56.7 Å². The average molecular weight is 635 g/mol. The molecular formula is C36H34F4N2O4. The lowest BCUT2D eigenvalue weighted by molar-refractivity contribution is -0.113. The summed E-state index contributed by atoms with van der Waals surface area (Å²) in [6, 6.07) is 10.4. The second-order valence-electron chi connectivity index (χ2n) is 11.6. The van der Waals surface area contributed by atoms with Crippen LogP contribution in [-0.4, -0.2) is 54.7 Å². The third-order valence-electron chi connectivity index (χ3n) is 8.16. The predicted octanol–water partition coefficient (Wildman–Crippen LogP) is 6.94. The van der Waals surface area contributed by atoms with Crippen molar-refractivity contribution in [2.75, 3.05) is 26.2 Å². The molecule has 1 amide bonds. The Bertz CT molecular complexity index is 1640. The van der Waals surface area contributed by atoms with E-state index in [1.165, 1.54) is 43.7 Å². The maximum Gasteiger partial charge on any atom is 0.251 e. The molecule has 1 aliphatic heterocycles. The molecule has 1 saturated carbocycles. The fourth-order valence-electron chi connectivity index (χ4n) is 5.76. The number of hydrogen-bond acceptors (Lipinski definition) is 5. The van der Waals surface area contributed by atoms with Crippen LogP contribution in [0.25, 0.3) is 12.2 Å². The highest BCUT2D eigenvalue weighted by molar-refractivity contribution is 6.14. The van der Waals surface area contributed by atoms with E-state index in [9.17, 15) is 31.9 Å². The van der Waals surface area contributed by atoms with Gasteiger partial charge in [-0.1, -0.05) is 18.6 Å². The Labute approximate surface area is 264 Å². The number of nitrogens with zero attached hydrogens (tertiary/aromatic N) is 1. The van der Waals surface area contributed by atoms with E-state index in [1.54, 1.807) is 12.1 Å². The minimum absolute atomic E-state index is 0.0654. The van der Waals surface area contributed by atoms with E-state index in [2.05, 4.69) is 10.2 Å². The van der Waals surface area contributed by atoms with Crippen molar-refractivity contribution in [3.8, 4) is 5.75 Å². The minimum atomic E-state index is -1.08. The summed E-state index contributed by atoms with van der Waals surface area (Å²) in [4.78, 5) is 41.7. The van der Waals surface area contributed by atoms with Gasteiger partial charge in [-0.3, -0.25) is 19.3 Å². The lowest BCUT2D eigenvalue weighted by atomic mass is 9.83. The summed E-state index contributed by atoms with van der Waals surface area (Å²) in [6.45, 7) is 4.57. The fourth-order valence-corrected chi connectivity index (χ4v) is 5.76. The zero-order valence-corrected chi connectivity index (χ0v) is 25.4. The van der Waals surface area contributed by atoms with Gasteiger partial charge in [-0.25, -0.2) is 17.6 Å². The molecule has 3 aromatic rings. The van der Waals surface area contributed by atoms with Gasteiger partial charge in [-0.2, -0.15) is 0 Å². The number of amides is 1. The third-order valence-corrected chi connectivity index (χ3v) is 8.16. The smallest absolute Gasteiger partial charge is 0.251 e. The SMILES string of the molecule is CC(=O)c1cc(C(=O)NC2C/C(=C\c3ccc(F)c(F)c3)C(=O)/C(=C/c3ccc(F)c(F)c3)C2)ccc1OCCN1CCCCC1. The number of Topliss-reactive ketones (excluding diaryl/α,β-unsaturated/α-hetero) is 2. The molecule has 0 atom stereocenters. The lowest BCUT2D eigenvalue weighted by Crippen LogP contribution is -2.39. The van der Waals surface area contributed by atoms with Crippen molar-refractivity contribution in [1.29, 1.82) is 0 Å². The Morgan fingerprint density at radius 2 is 1.41 bits per heavy atom. The van der Waals surface area contributed by atoms with E-state index in [0.29, 0.717) is 12.4 Å². The van der Waals surface area contributed by atoms with Crippen molar-refractivity contribution in [2.45, 2.75) is 45.1 Å². The predicted molar refractivity (Wildman–Crippen MR) is 166 cm³/mol. The zero-order valence-electron chi connectivity index (χ0n) is 25.4. The molecule has 0 aromatic heterocycles. The van der Waals surface area contributed by atoms with Gasteiger partial charge in [0.15, 0.2) is 34.8 Å². The summed E-state index contributed by atoms with van der Waals surface area (Å²) >= 11 is 0. The Balaban J connectivity index is 1.37. The van der Waals surface area contributed by atoms with Gasteiger partial charge in [-0.05, 0) is 111 Å². The standard InChI is InChI=1S/C36H34F4N2O4/c1-22(43)29-21-25(7-10-34(29)46-14-13-42-11-3-2-4-12-42)36(45)41-28-19-26(15-23-5-8-30(37)32(39)17-23)35(44)27(20-28)16-24-6-9-31(38)33(40)18-24/h5-10,15-18,21,28H,2-4,11-14,19-20H2,1H3,(H,41,45)/b26-15+,27-16+. The number of ketones is 2. The largest absolute Gasteiger partial charge is 0.491 e. The fraction of sp³-hybridized carbons (Fsp3) is 0.306. The molecular weight excluding hydrogens is 600 g/mol. The Hall–Kier alpha value is -4.57. The first-order valence-corrected chi connectivity index (χ1v) is 15.2. The highest BCUT2D eigenvalue weighted by atomic mass is 19.2. The van der Waals surface area contributed by atoms with E-state index in [1.807, 2.05) is 0 Å². The quantitative estimate of drug-likeness (QED) is 0.157. The molecule has 2 fully saturated rings. The van der Waals surface area contributed by atoms with Crippen molar-refractivity contribution in [3.63, 3.8) is 0 Å². The van der Waals surface area contributed by atoms with Gasteiger partial charge < -0.3 is 10.1 Å². The number of halogens is 4. The van der Waals surface area contributed by atoms with Crippen LogP contribution in [0.1, 0.15) is 70.9 Å². The number of nitrogens with one attached hydrogen (secondary N) is 1. The number of carbonyl (C=O) groups excluding carboxylic acids is 3. The molecule has 240 valence electrons. The van der Waals surface area contributed by atoms with Crippen molar-refractivity contribution in [1.82, 2.24) is 10.2 Å². The zero-order chi connectivity index (χ0) is 32.8. The van der Waals surface area contributed by atoms with Gasteiger partial charge in [-0.15, -0.1) is 0 Å². The monoisotopic (exact) mass is 634 g/mol. The normalized spacial score (nSPS) is 19.0. The summed E-state index contributed by atoms with van der Waals surface area (Å²) < 4.78 is 60.8. The minimum Gasteiger partial charge on any atom is -0.491 e. The van der Waals surface area contributed by atoms with Crippen LogP contribution >= 0.6 is 0 Å². The Morgan fingerprint density at radius 1 is 0.826 bits per heavy atom. The van der Waals surface area contributed by atoms with Crippen molar-refractivity contribution in [3.05, 3.63) is 111 Å². The molecule has 1 saturated heterocycles. The Morgan fingerprint density at radius 3 is 1.96 bits per heavy atom. The summed E-state index contributed by atoms with van der Waals surface area (Å²) in [5.41, 5.74) is 1.37. The van der Waals surface area contributed by atoms with Crippen LogP contribution in [0.2, 0.25) is 0 Å². The Kier molecular flexibility index (Phi) is 10.5. The highest BCUT2D eigenvalue weighted by Crippen LogP contribution is 2.30. The molecule has 5 rings (SSSR count). The van der Waals surface area contributed by atoms with Crippen LogP contribution in [0.5, 0.6) is 5.75 Å².